The van der Waals surface area contributed by atoms with Gasteiger partial charge in [-0.3, -0.25) is 9.78 Å². The van der Waals surface area contributed by atoms with Gasteiger partial charge in [-0.2, -0.15) is 0 Å². The van der Waals surface area contributed by atoms with Crippen molar-refractivity contribution >= 4 is 16.7 Å². The van der Waals surface area contributed by atoms with Gasteiger partial charge in [-0.15, -0.1) is 10.2 Å². The van der Waals surface area contributed by atoms with Gasteiger partial charge in [-0.25, -0.2) is 8.78 Å². The van der Waals surface area contributed by atoms with Gasteiger partial charge in [0, 0.05) is 43.2 Å². The number of nitrogens with zero attached hydrogens (tertiary/aromatic N) is 4. The molecule has 164 valence electrons. The summed E-state index contributed by atoms with van der Waals surface area (Å²) in [6.45, 7) is 1.42. The first-order valence-electron chi connectivity index (χ1n) is 10.4. The topological polar surface area (TPSA) is 84.2 Å². The zero-order valence-electron chi connectivity index (χ0n) is 17.4. The minimum absolute atomic E-state index is 0.00140. The van der Waals surface area contributed by atoms with Crippen LogP contribution in [0.2, 0.25) is 0 Å². The average molecular weight is 429 g/mol. The van der Waals surface area contributed by atoms with E-state index >= 15 is 0 Å². The lowest BCUT2D eigenvalue weighted by Gasteiger charge is -2.33. The van der Waals surface area contributed by atoms with E-state index in [0.717, 1.165) is 16.3 Å². The Bertz CT molecular complexity index is 1050. The lowest BCUT2D eigenvalue weighted by atomic mass is 10.0. The predicted octanol–water partition coefficient (Wildman–Crippen LogP) is 3.02. The highest BCUT2D eigenvalue weighted by Gasteiger charge is 2.24. The summed E-state index contributed by atoms with van der Waals surface area (Å²) in [7, 11) is 0. The van der Waals surface area contributed by atoms with E-state index in [1.54, 1.807) is 18.0 Å². The second-order valence-corrected chi connectivity index (χ2v) is 7.87. The zero-order chi connectivity index (χ0) is 21.8. The number of rotatable bonds is 7. The Balaban J connectivity index is 1.39. The van der Waals surface area contributed by atoms with Crippen molar-refractivity contribution in [2.45, 2.75) is 38.3 Å². The highest BCUT2D eigenvalue weighted by molar-refractivity contribution is 5.87. The van der Waals surface area contributed by atoms with Crippen molar-refractivity contribution in [3.8, 4) is 11.5 Å². The van der Waals surface area contributed by atoms with Crippen LogP contribution in [0.3, 0.4) is 0 Å². The number of halogens is 2. The maximum absolute atomic E-state index is 12.7. The molecule has 31 heavy (non-hydrogen) atoms. The number of carbonyl (C=O) groups is 1. The van der Waals surface area contributed by atoms with E-state index in [-0.39, 0.29) is 18.4 Å². The van der Waals surface area contributed by atoms with E-state index in [4.69, 9.17) is 4.42 Å². The molecule has 1 aliphatic heterocycles. The SMILES string of the molecule is Cc1nnc(-c2ccc3cnc(CC(=O)N4CCC(NC(CF)CF)CC4)cc3c2)o1. The monoisotopic (exact) mass is 429 g/mol. The van der Waals surface area contributed by atoms with E-state index < -0.39 is 19.4 Å². The van der Waals surface area contributed by atoms with E-state index in [1.165, 1.54) is 0 Å². The third-order valence-electron chi connectivity index (χ3n) is 5.58. The van der Waals surface area contributed by atoms with E-state index in [9.17, 15) is 13.6 Å². The molecular weight excluding hydrogens is 404 g/mol. The van der Waals surface area contributed by atoms with Gasteiger partial charge in [0.25, 0.3) is 0 Å². The van der Waals surface area contributed by atoms with Gasteiger partial charge in [0.2, 0.25) is 17.7 Å². The van der Waals surface area contributed by atoms with Crippen LogP contribution in [0.4, 0.5) is 8.78 Å². The number of pyridine rings is 1. The molecule has 0 spiro atoms. The Hall–Kier alpha value is -2.94. The molecule has 9 heteroatoms. The van der Waals surface area contributed by atoms with Crippen LogP contribution in [0.1, 0.15) is 24.4 Å². The molecule has 3 aromatic rings. The summed E-state index contributed by atoms with van der Waals surface area (Å²) in [5.41, 5.74) is 1.50. The fourth-order valence-electron chi connectivity index (χ4n) is 3.86. The summed E-state index contributed by atoms with van der Waals surface area (Å²) in [6, 6.07) is 6.96. The van der Waals surface area contributed by atoms with Crippen molar-refractivity contribution in [2.24, 2.45) is 0 Å². The fourth-order valence-corrected chi connectivity index (χ4v) is 3.86. The first kappa shape index (κ1) is 21.3. The smallest absolute Gasteiger partial charge is 0.247 e. The minimum Gasteiger partial charge on any atom is -0.421 e. The molecule has 4 rings (SSSR count). The summed E-state index contributed by atoms with van der Waals surface area (Å²) >= 11 is 0. The Morgan fingerprint density at radius 2 is 1.97 bits per heavy atom. The lowest BCUT2D eigenvalue weighted by Crippen LogP contribution is -2.49. The number of aromatic nitrogens is 3. The molecule has 1 fully saturated rings. The van der Waals surface area contributed by atoms with E-state index in [2.05, 4.69) is 20.5 Å². The van der Waals surface area contributed by atoms with Gasteiger partial charge in [0.15, 0.2) is 0 Å². The summed E-state index contributed by atoms with van der Waals surface area (Å²) in [6.07, 6.45) is 3.32. The van der Waals surface area contributed by atoms with Gasteiger partial charge >= 0.3 is 0 Å². The molecule has 0 atom stereocenters. The van der Waals surface area contributed by atoms with Gasteiger partial charge in [0.1, 0.15) is 13.3 Å². The molecule has 1 saturated heterocycles. The first-order valence-corrected chi connectivity index (χ1v) is 10.4. The van der Waals surface area contributed by atoms with Crippen molar-refractivity contribution < 1.29 is 18.0 Å². The van der Waals surface area contributed by atoms with Crippen LogP contribution < -0.4 is 5.32 Å². The number of benzene rings is 1. The Morgan fingerprint density at radius 3 is 2.65 bits per heavy atom. The van der Waals surface area contributed by atoms with E-state index in [0.29, 0.717) is 43.4 Å². The Labute approximate surface area is 178 Å². The van der Waals surface area contributed by atoms with Gasteiger partial charge in [-0.05, 0) is 36.4 Å². The van der Waals surface area contributed by atoms with Gasteiger partial charge in [-0.1, -0.05) is 6.07 Å². The molecule has 1 aliphatic rings. The van der Waals surface area contributed by atoms with Crippen LogP contribution in [-0.4, -0.2) is 64.5 Å². The molecule has 0 bridgehead atoms. The molecule has 0 radical (unpaired) electrons. The van der Waals surface area contributed by atoms with Crippen LogP contribution in [0.5, 0.6) is 0 Å². The van der Waals surface area contributed by atoms with Crippen molar-refractivity contribution in [3.05, 3.63) is 42.0 Å². The van der Waals surface area contributed by atoms with Crippen LogP contribution in [0, 0.1) is 6.92 Å². The fraction of sp³-hybridized carbons (Fsp3) is 0.455. The molecule has 2 aromatic heterocycles. The number of fused-ring (bicyclic) bond motifs is 1. The third kappa shape index (κ3) is 5.04. The highest BCUT2D eigenvalue weighted by Crippen LogP contribution is 2.24. The quantitative estimate of drug-likeness (QED) is 0.622. The molecule has 1 N–H and O–H groups in total. The molecule has 0 aliphatic carbocycles. The molecule has 0 saturated carbocycles. The van der Waals surface area contributed by atoms with Crippen LogP contribution in [-0.2, 0) is 11.2 Å². The lowest BCUT2D eigenvalue weighted by molar-refractivity contribution is -0.131. The Morgan fingerprint density at radius 1 is 1.19 bits per heavy atom. The first-order chi connectivity index (χ1) is 15.1. The van der Waals surface area contributed by atoms with Crippen molar-refractivity contribution in [1.82, 2.24) is 25.4 Å². The number of alkyl halides is 2. The second kappa shape index (κ2) is 9.47. The van der Waals surface area contributed by atoms with Crippen molar-refractivity contribution in [1.29, 1.82) is 0 Å². The molecule has 7 nitrogen and oxygen atoms in total. The third-order valence-corrected chi connectivity index (χ3v) is 5.58. The highest BCUT2D eigenvalue weighted by atomic mass is 19.1. The number of carbonyl (C=O) groups excluding carboxylic acids is 1. The van der Waals surface area contributed by atoms with E-state index in [1.807, 2.05) is 24.3 Å². The number of amides is 1. The zero-order valence-corrected chi connectivity index (χ0v) is 17.4. The average Bonchev–Trinajstić information content (AvgIpc) is 3.23. The number of nitrogens with one attached hydrogen (secondary N) is 1. The number of piperidine rings is 1. The molecular formula is C22H25F2N5O2. The summed E-state index contributed by atoms with van der Waals surface area (Å²) in [5, 5.41) is 12.8. The molecule has 1 amide bonds. The maximum atomic E-state index is 12.7. The van der Waals surface area contributed by atoms with Crippen LogP contribution in [0.15, 0.2) is 34.9 Å². The number of hydrogen-bond acceptors (Lipinski definition) is 6. The van der Waals surface area contributed by atoms with Crippen molar-refractivity contribution in [3.63, 3.8) is 0 Å². The summed E-state index contributed by atoms with van der Waals surface area (Å²) < 4.78 is 30.9. The van der Waals surface area contributed by atoms with Crippen LogP contribution >= 0.6 is 0 Å². The summed E-state index contributed by atoms with van der Waals surface area (Å²) in [4.78, 5) is 19.0. The number of likely N-dealkylation sites (tertiary alicyclic amines) is 1. The van der Waals surface area contributed by atoms with Gasteiger partial charge < -0.3 is 14.6 Å². The largest absolute Gasteiger partial charge is 0.421 e. The maximum Gasteiger partial charge on any atom is 0.247 e. The molecule has 0 unspecified atom stereocenters. The Kier molecular flexibility index (Phi) is 6.50. The predicted molar refractivity (Wildman–Crippen MR) is 112 cm³/mol. The summed E-state index contributed by atoms with van der Waals surface area (Å²) in [5.74, 6) is 0.953. The normalized spacial score (nSPS) is 15.2. The second-order valence-electron chi connectivity index (χ2n) is 7.87. The standard InChI is InChI=1S/C22H25F2N5O2/c1-14-27-28-22(31-14)15-2-3-16-13-25-19(9-17(16)8-15)10-21(30)29-6-4-18(5-7-29)26-20(11-23)12-24/h2-3,8-9,13,18,20,26H,4-7,10-12H2,1H3. The van der Waals surface area contributed by atoms with Crippen molar-refractivity contribution in [2.75, 3.05) is 26.4 Å². The molecule has 3 heterocycles. The van der Waals surface area contributed by atoms with Gasteiger partial charge in [0.05, 0.1) is 18.2 Å². The number of hydrogen-bond donors (Lipinski definition) is 1. The van der Waals surface area contributed by atoms with Crippen LogP contribution in [0.25, 0.3) is 22.2 Å². The minimum atomic E-state index is -0.755. The molecule has 1 aromatic carbocycles. The number of aryl methyl sites for hydroxylation is 1.